The minimum Gasteiger partial charge on any atom is -0.496 e. The molecule has 0 aromatic heterocycles. The van der Waals surface area contributed by atoms with Gasteiger partial charge in [-0.15, -0.1) is 0 Å². The first kappa shape index (κ1) is 14.4. The van der Waals surface area contributed by atoms with Crippen LogP contribution in [0.4, 0.5) is 0 Å². The van der Waals surface area contributed by atoms with Crippen molar-refractivity contribution in [3.8, 4) is 5.75 Å². The first-order valence-corrected chi connectivity index (χ1v) is 6.12. The van der Waals surface area contributed by atoms with Crippen molar-refractivity contribution in [3.63, 3.8) is 0 Å². The zero-order chi connectivity index (χ0) is 13.6. The first-order valence-electron chi connectivity index (χ1n) is 6.12. The molecule has 0 radical (unpaired) electrons. The Morgan fingerprint density at radius 1 is 1.33 bits per heavy atom. The maximum atomic E-state index is 5.80. The molecule has 0 saturated heterocycles. The summed E-state index contributed by atoms with van der Waals surface area (Å²) >= 11 is 0. The lowest BCUT2D eigenvalue weighted by Gasteiger charge is -2.21. The summed E-state index contributed by atoms with van der Waals surface area (Å²) in [6.07, 6.45) is 0.816. The fourth-order valence-corrected chi connectivity index (χ4v) is 1.63. The second-order valence-corrected chi connectivity index (χ2v) is 5.20. The maximum absolute atomic E-state index is 5.80. The van der Waals surface area contributed by atoms with E-state index >= 15 is 0 Å². The van der Waals surface area contributed by atoms with Gasteiger partial charge in [-0.25, -0.2) is 0 Å². The highest BCUT2D eigenvalue weighted by Gasteiger charge is 2.09. The highest BCUT2D eigenvalue weighted by atomic mass is 16.5. The topological polar surface area (TPSA) is 59.6 Å². The average molecular weight is 249 g/mol. The average Bonchev–Trinajstić information content (AvgIpc) is 2.27. The summed E-state index contributed by atoms with van der Waals surface area (Å²) in [5.74, 6) is 1.38. The van der Waals surface area contributed by atoms with E-state index in [0.717, 1.165) is 17.7 Å². The van der Waals surface area contributed by atoms with E-state index in [4.69, 9.17) is 10.5 Å². The predicted molar refractivity (Wildman–Crippen MR) is 76.1 cm³/mol. The van der Waals surface area contributed by atoms with E-state index in [-0.39, 0.29) is 5.54 Å². The molecule has 0 atom stereocenters. The molecule has 4 nitrogen and oxygen atoms in total. The van der Waals surface area contributed by atoms with E-state index in [1.165, 1.54) is 0 Å². The Labute approximate surface area is 109 Å². The van der Waals surface area contributed by atoms with Crippen molar-refractivity contribution in [2.45, 2.75) is 32.7 Å². The summed E-state index contributed by atoms with van der Waals surface area (Å²) in [5.41, 5.74) is 6.89. The van der Waals surface area contributed by atoms with Crippen LogP contribution in [0.15, 0.2) is 29.3 Å². The van der Waals surface area contributed by atoms with Crippen LogP contribution in [0.1, 0.15) is 26.3 Å². The van der Waals surface area contributed by atoms with Crippen molar-refractivity contribution in [2.24, 2.45) is 10.7 Å². The Balaban J connectivity index is 2.53. The summed E-state index contributed by atoms with van der Waals surface area (Å²) in [4.78, 5) is 4.31. The number of nitrogens with two attached hydrogens (primary N) is 1. The van der Waals surface area contributed by atoms with E-state index < -0.39 is 0 Å². The van der Waals surface area contributed by atoms with Gasteiger partial charge in [-0.2, -0.15) is 0 Å². The zero-order valence-corrected chi connectivity index (χ0v) is 11.7. The van der Waals surface area contributed by atoms with Gasteiger partial charge in [-0.1, -0.05) is 18.2 Å². The lowest BCUT2D eigenvalue weighted by molar-refractivity contribution is 0.409. The molecule has 3 N–H and O–H groups in total. The van der Waals surface area contributed by atoms with Gasteiger partial charge >= 0.3 is 0 Å². The number of hydrogen-bond acceptors (Lipinski definition) is 2. The number of aliphatic imine (C=N–C) groups is 1. The highest BCUT2D eigenvalue weighted by Crippen LogP contribution is 2.17. The van der Waals surface area contributed by atoms with E-state index in [1.54, 1.807) is 7.11 Å². The summed E-state index contributed by atoms with van der Waals surface area (Å²) in [6.45, 7) is 6.80. The Kier molecular flexibility index (Phi) is 5.01. The molecule has 0 heterocycles. The predicted octanol–water partition coefficient (Wildman–Crippen LogP) is 1.94. The van der Waals surface area contributed by atoms with E-state index in [1.807, 2.05) is 24.3 Å². The molecule has 0 amide bonds. The van der Waals surface area contributed by atoms with Crippen LogP contribution in [0.25, 0.3) is 0 Å². The molecule has 0 bridgehead atoms. The van der Waals surface area contributed by atoms with Crippen molar-refractivity contribution in [1.29, 1.82) is 0 Å². The summed E-state index contributed by atoms with van der Waals surface area (Å²) < 4.78 is 5.29. The highest BCUT2D eigenvalue weighted by molar-refractivity contribution is 5.78. The normalized spacial score (nSPS) is 12.3. The van der Waals surface area contributed by atoms with Gasteiger partial charge in [0, 0.05) is 12.1 Å². The second kappa shape index (κ2) is 6.28. The molecule has 0 fully saturated rings. The number of hydrogen-bond donors (Lipinski definition) is 2. The number of para-hydroxylation sites is 1. The molecule has 18 heavy (non-hydrogen) atoms. The summed E-state index contributed by atoms with van der Waals surface area (Å²) in [5, 5.41) is 3.13. The van der Waals surface area contributed by atoms with Gasteiger partial charge in [0.2, 0.25) is 0 Å². The Morgan fingerprint density at radius 2 is 2.00 bits per heavy atom. The Hall–Kier alpha value is -1.71. The largest absolute Gasteiger partial charge is 0.496 e. The number of nitrogens with zero attached hydrogens (tertiary/aromatic N) is 1. The molecule has 4 heteroatoms. The van der Waals surface area contributed by atoms with Gasteiger partial charge in [-0.05, 0) is 38.8 Å². The minimum absolute atomic E-state index is 0.0575. The van der Waals surface area contributed by atoms with E-state index in [2.05, 4.69) is 31.1 Å². The minimum atomic E-state index is -0.0575. The molecule has 1 aromatic carbocycles. The molecule has 0 aliphatic carbocycles. The smallest absolute Gasteiger partial charge is 0.188 e. The van der Waals surface area contributed by atoms with Crippen LogP contribution in [0.2, 0.25) is 0 Å². The molecule has 0 saturated carbocycles. The maximum Gasteiger partial charge on any atom is 0.188 e. The molecule has 0 unspecified atom stereocenters. The standard InChI is InChI=1S/C14H23N3O/c1-14(2,3)17-13(15)16-10-9-11-7-5-6-8-12(11)18-4/h5-8H,9-10H2,1-4H3,(H3,15,16,17). The van der Waals surface area contributed by atoms with Gasteiger partial charge in [-0.3, -0.25) is 4.99 Å². The van der Waals surface area contributed by atoms with Crippen molar-refractivity contribution in [1.82, 2.24) is 5.32 Å². The van der Waals surface area contributed by atoms with Gasteiger partial charge in [0.25, 0.3) is 0 Å². The molecule has 100 valence electrons. The van der Waals surface area contributed by atoms with Crippen molar-refractivity contribution >= 4 is 5.96 Å². The molecular weight excluding hydrogens is 226 g/mol. The molecule has 1 rings (SSSR count). The van der Waals surface area contributed by atoms with Gasteiger partial charge in [0.05, 0.1) is 7.11 Å². The SMILES string of the molecule is COc1ccccc1CCN=C(N)NC(C)(C)C. The molecule has 0 aliphatic heterocycles. The van der Waals surface area contributed by atoms with Crippen molar-refractivity contribution < 1.29 is 4.74 Å². The fourth-order valence-electron chi connectivity index (χ4n) is 1.63. The number of guanidine groups is 1. The number of rotatable bonds is 4. The van der Waals surface area contributed by atoms with E-state index in [9.17, 15) is 0 Å². The van der Waals surface area contributed by atoms with Crippen molar-refractivity contribution in [3.05, 3.63) is 29.8 Å². The molecule has 0 aliphatic rings. The molecule has 0 spiro atoms. The lowest BCUT2D eigenvalue weighted by atomic mass is 10.1. The third-order valence-corrected chi connectivity index (χ3v) is 2.36. The fraction of sp³-hybridized carbons (Fsp3) is 0.500. The van der Waals surface area contributed by atoms with Crippen molar-refractivity contribution in [2.75, 3.05) is 13.7 Å². The van der Waals surface area contributed by atoms with Crippen LogP contribution >= 0.6 is 0 Å². The molecular formula is C14H23N3O. The van der Waals surface area contributed by atoms with E-state index in [0.29, 0.717) is 12.5 Å². The third-order valence-electron chi connectivity index (χ3n) is 2.36. The Morgan fingerprint density at radius 3 is 2.61 bits per heavy atom. The van der Waals surface area contributed by atoms with Crippen LogP contribution in [0, 0.1) is 0 Å². The number of ether oxygens (including phenoxy) is 1. The van der Waals surface area contributed by atoms with Crippen LogP contribution < -0.4 is 15.8 Å². The van der Waals surface area contributed by atoms with Gasteiger partial charge in [0.15, 0.2) is 5.96 Å². The summed E-state index contributed by atoms with van der Waals surface area (Å²) in [6, 6.07) is 7.96. The quantitative estimate of drug-likeness (QED) is 0.633. The van der Waals surface area contributed by atoms with Crippen LogP contribution in [0.3, 0.4) is 0 Å². The molecule has 1 aromatic rings. The second-order valence-electron chi connectivity index (χ2n) is 5.20. The zero-order valence-electron chi connectivity index (χ0n) is 11.7. The van der Waals surface area contributed by atoms with Crippen LogP contribution in [-0.2, 0) is 6.42 Å². The van der Waals surface area contributed by atoms with Crippen LogP contribution in [-0.4, -0.2) is 25.2 Å². The Bertz CT molecular complexity index is 408. The number of benzene rings is 1. The van der Waals surface area contributed by atoms with Gasteiger partial charge < -0.3 is 15.8 Å². The van der Waals surface area contributed by atoms with Gasteiger partial charge in [0.1, 0.15) is 5.75 Å². The van der Waals surface area contributed by atoms with Crippen LogP contribution in [0.5, 0.6) is 5.75 Å². The summed E-state index contributed by atoms with van der Waals surface area (Å²) in [7, 11) is 1.68. The number of methoxy groups -OCH3 is 1. The first-order chi connectivity index (χ1) is 8.42. The lowest BCUT2D eigenvalue weighted by Crippen LogP contribution is -2.45. The third kappa shape index (κ3) is 5.08. The number of nitrogens with one attached hydrogen (secondary N) is 1. The monoisotopic (exact) mass is 249 g/mol.